The van der Waals surface area contributed by atoms with Crippen LogP contribution in [0.25, 0.3) is 0 Å². The number of amides is 2. The van der Waals surface area contributed by atoms with Crippen LogP contribution in [0.2, 0.25) is 0 Å². The first-order chi connectivity index (χ1) is 13.0. The molecule has 5 nitrogen and oxygen atoms in total. The summed E-state index contributed by atoms with van der Waals surface area (Å²) in [4.78, 5) is 23.9. The van der Waals surface area contributed by atoms with Crippen LogP contribution < -0.4 is 15.4 Å². The molecule has 0 radical (unpaired) electrons. The molecule has 144 valence electrons. The zero-order valence-corrected chi connectivity index (χ0v) is 16.2. The standard InChI is InChI=1S/C22H28N2O3/c1-4-6-21(25)24-19-11-7-17(8-12-19)15-22(26)23-16(3)18-9-13-20(14-10-18)27-5-2/h7-14,16H,4-6,15H2,1-3H3,(H,23,26)(H,24,25). The Morgan fingerprint density at radius 3 is 2.22 bits per heavy atom. The Labute approximate surface area is 161 Å². The van der Waals surface area contributed by atoms with Gasteiger partial charge in [0.2, 0.25) is 11.8 Å². The molecule has 2 aromatic rings. The summed E-state index contributed by atoms with van der Waals surface area (Å²) in [6, 6.07) is 15.0. The second-order valence-electron chi connectivity index (χ2n) is 6.46. The molecule has 2 rings (SSSR count). The SMILES string of the molecule is CCCC(=O)Nc1ccc(CC(=O)NC(C)c2ccc(OCC)cc2)cc1. The lowest BCUT2D eigenvalue weighted by atomic mass is 10.1. The predicted molar refractivity (Wildman–Crippen MR) is 108 cm³/mol. The number of benzene rings is 2. The van der Waals surface area contributed by atoms with E-state index in [1.165, 1.54) is 0 Å². The van der Waals surface area contributed by atoms with E-state index in [4.69, 9.17) is 4.74 Å². The average molecular weight is 368 g/mol. The molecule has 27 heavy (non-hydrogen) atoms. The lowest BCUT2D eigenvalue weighted by Crippen LogP contribution is -2.28. The Kier molecular flexibility index (Phi) is 7.86. The number of carbonyl (C=O) groups excluding carboxylic acids is 2. The molecule has 2 aromatic carbocycles. The Hall–Kier alpha value is -2.82. The van der Waals surface area contributed by atoms with E-state index in [2.05, 4.69) is 10.6 Å². The van der Waals surface area contributed by atoms with Crippen molar-refractivity contribution >= 4 is 17.5 Å². The second kappa shape index (κ2) is 10.4. The molecule has 1 unspecified atom stereocenters. The molecule has 0 aliphatic heterocycles. The lowest BCUT2D eigenvalue weighted by Gasteiger charge is -2.15. The van der Waals surface area contributed by atoms with Crippen LogP contribution in [0.1, 0.15) is 50.8 Å². The highest BCUT2D eigenvalue weighted by molar-refractivity contribution is 5.90. The molecule has 0 aliphatic carbocycles. The van der Waals surface area contributed by atoms with Crippen molar-refractivity contribution in [2.75, 3.05) is 11.9 Å². The fourth-order valence-electron chi connectivity index (χ4n) is 2.74. The second-order valence-corrected chi connectivity index (χ2v) is 6.46. The van der Waals surface area contributed by atoms with E-state index in [9.17, 15) is 9.59 Å². The molecule has 0 saturated heterocycles. The summed E-state index contributed by atoms with van der Waals surface area (Å²) >= 11 is 0. The van der Waals surface area contributed by atoms with Crippen LogP contribution in [0.15, 0.2) is 48.5 Å². The third-order valence-electron chi connectivity index (χ3n) is 4.15. The van der Waals surface area contributed by atoms with Crippen LogP contribution in [-0.4, -0.2) is 18.4 Å². The predicted octanol–water partition coefficient (Wildman–Crippen LogP) is 4.24. The quantitative estimate of drug-likeness (QED) is 0.695. The summed E-state index contributed by atoms with van der Waals surface area (Å²) in [5.41, 5.74) is 2.68. The molecule has 0 aromatic heterocycles. The van der Waals surface area contributed by atoms with E-state index in [0.29, 0.717) is 19.4 Å². The Bertz CT molecular complexity index is 739. The van der Waals surface area contributed by atoms with Crippen LogP contribution in [0, 0.1) is 0 Å². The van der Waals surface area contributed by atoms with Crippen LogP contribution in [0.5, 0.6) is 5.75 Å². The fourth-order valence-corrected chi connectivity index (χ4v) is 2.74. The van der Waals surface area contributed by atoms with Gasteiger partial charge >= 0.3 is 0 Å². The highest BCUT2D eigenvalue weighted by Gasteiger charge is 2.11. The zero-order valence-electron chi connectivity index (χ0n) is 16.2. The number of rotatable bonds is 9. The summed E-state index contributed by atoms with van der Waals surface area (Å²) in [6.07, 6.45) is 1.62. The monoisotopic (exact) mass is 368 g/mol. The van der Waals surface area contributed by atoms with Gasteiger partial charge in [0.25, 0.3) is 0 Å². The van der Waals surface area contributed by atoms with Gasteiger partial charge in [0, 0.05) is 12.1 Å². The summed E-state index contributed by atoms with van der Waals surface area (Å²) in [6.45, 7) is 6.50. The minimum absolute atomic E-state index is 0.00664. The fraction of sp³-hybridized carbons (Fsp3) is 0.364. The van der Waals surface area contributed by atoms with Gasteiger partial charge in [-0.25, -0.2) is 0 Å². The van der Waals surface area contributed by atoms with E-state index < -0.39 is 0 Å². The first-order valence-corrected chi connectivity index (χ1v) is 9.42. The number of hydrogen-bond donors (Lipinski definition) is 2. The number of carbonyl (C=O) groups is 2. The van der Waals surface area contributed by atoms with Crippen molar-refractivity contribution < 1.29 is 14.3 Å². The average Bonchev–Trinajstić information content (AvgIpc) is 2.64. The number of hydrogen-bond acceptors (Lipinski definition) is 3. The van der Waals surface area contributed by atoms with Crippen LogP contribution >= 0.6 is 0 Å². The van der Waals surface area contributed by atoms with Gasteiger partial charge in [0.15, 0.2) is 0 Å². The first-order valence-electron chi connectivity index (χ1n) is 9.42. The molecule has 5 heteroatoms. The molecule has 2 N–H and O–H groups in total. The van der Waals surface area contributed by atoms with Crippen molar-refractivity contribution in [2.24, 2.45) is 0 Å². The highest BCUT2D eigenvalue weighted by Crippen LogP contribution is 2.18. The van der Waals surface area contributed by atoms with Crippen molar-refractivity contribution in [3.05, 3.63) is 59.7 Å². The van der Waals surface area contributed by atoms with Gasteiger partial charge in [0.1, 0.15) is 5.75 Å². The highest BCUT2D eigenvalue weighted by atomic mass is 16.5. The summed E-state index contributed by atoms with van der Waals surface area (Å²) in [5.74, 6) is 0.789. The zero-order chi connectivity index (χ0) is 19.6. The van der Waals surface area contributed by atoms with Crippen molar-refractivity contribution in [1.82, 2.24) is 5.32 Å². The van der Waals surface area contributed by atoms with Gasteiger partial charge in [-0.2, -0.15) is 0 Å². The Morgan fingerprint density at radius 1 is 0.963 bits per heavy atom. The molecule has 0 bridgehead atoms. The number of anilines is 1. The van der Waals surface area contributed by atoms with E-state index in [-0.39, 0.29) is 17.9 Å². The minimum atomic E-state index is -0.0826. The summed E-state index contributed by atoms with van der Waals surface area (Å²) < 4.78 is 5.43. The number of nitrogens with one attached hydrogen (secondary N) is 2. The molecular weight excluding hydrogens is 340 g/mol. The molecule has 0 heterocycles. The molecule has 0 fully saturated rings. The summed E-state index contributed by atoms with van der Waals surface area (Å²) in [7, 11) is 0. The minimum Gasteiger partial charge on any atom is -0.494 e. The largest absolute Gasteiger partial charge is 0.494 e. The Morgan fingerprint density at radius 2 is 1.63 bits per heavy atom. The maximum atomic E-state index is 12.3. The first kappa shape index (κ1) is 20.5. The van der Waals surface area contributed by atoms with Crippen molar-refractivity contribution in [2.45, 2.75) is 46.1 Å². The summed E-state index contributed by atoms with van der Waals surface area (Å²) in [5, 5.41) is 5.85. The number of ether oxygens (including phenoxy) is 1. The Balaban J connectivity index is 1.86. The van der Waals surface area contributed by atoms with Crippen molar-refractivity contribution in [1.29, 1.82) is 0 Å². The van der Waals surface area contributed by atoms with Gasteiger partial charge in [-0.1, -0.05) is 31.2 Å². The maximum Gasteiger partial charge on any atom is 0.224 e. The van der Waals surface area contributed by atoms with Gasteiger partial charge < -0.3 is 15.4 Å². The van der Waals surface area contributed by atoms with Crippen LogP contribution in [-0.2, 0) is 16.0 Å². The third-order valence-corrected chi connectivity index (χ3v) is 4.15. The lowest BCUT2D eigenvalue weighted by molar-refractivity contribution is -0.121. The van der Waals surface area contributed by atoms with Gasteiger partial charge in [-0.3, -0.25) is 9.59 Å². The van der Waals surface area contributed by atoms with E-state index in [1.54, 1.807) is 0 Å². The van der Waals surface area contributed by atoms with E-state index >= 15 is 0 Å². The topological polar surface area (TPSA) is 67.4 Å². The van der Waals surface area contributed by atoms with Crippen molar-refractivity contribution in [3.63, 3.8) is 0 Å². The molecule has 2 amide bonds. The molecule has 0 saturated carbocycles. The normalized spacial score (nSPS) is 11.5. The van der Waals surface area contributed by atoms with Crippen molar-refractivity contribution in [3.8, 4) is 5.75 Å². The van der Waals surface area contributed by atoms with Crippen LogP contribution in [0.3, 0.4) is 0 Å². The van der Waals surface area contributed by atoms with Crippen LogP contribution in [0.4, 0.5) is 5.69 Å². The van der Waals surface area contributed by atoms with E-state index in [0.717, 1.165) is 29.0 Å². The molecular formula is C22H28N2O3. The van der Waals surface area contributed by atoms with E-state index in [1.807, 2.05) is 69.3 Å². The molecule has 1 atom stereocenters. The molecule has 0 aliphatic rings. The third kappa shape index (κ3) is 6.77. The smallest absolute Gasteiger partial charge is 0.224 e. The molecule has 0 spiro atoms. The van der Waals surface area contributed by atoms with Gasteiger partial charge in [0.05, 0.1) is 19.1 Å². The van der Waals surface area contributed by atoms with Gasteiger partial charge in [-0.05, 0) is 55.7 Å². The van der Waals surface area contributed by atoms with Gasteiger partial charge in [-0.15, -0.1) is 0 Å². The maximum absolute atomic E-state index is 12.3.